The van der Waals surface area contributed by atoms with Crippen molar-refractivity contribution in [2.24, 2.45) is 5.73 Å². The van der Waals surface area contributed by atoms with Crippen LogP contribution in [-0.2, 0) is 9.59 Å². The Balaban J connectivity index is 3.12. The minimum Gasteiger partial charge on any atom is -0.481 e. The van der Waals surface area contributed by atoms with Crippen LogP contribution in [0.25, 0.3) is 0 Å². The molecule has 0 saturated carbocycles. The number of hydrogen-bond donors (Lipinski definition) is 3. The summed E-state index contributed by atoms with van der Waals surface area (Å²) in [5.74, 6) is -1.76. The second-order valence-corrected chi connectivity index (χ2v) is 3.74. The molecule has 0 aliphatic heterocycles. The minimum atomic E-state index is -1.18. The number of nitro groups is 1. The number of nitrogens with one attached hydrogen (secondary N) is 1. The van der Waals surface area contributed by atoms with Crippen molar-refractivity contribution in [3.05, 3.63) is 39.9 Å². The van der Waals surface area contributed by atoms with E-state index in [4.69, 9.17) is 10.8 Å². The van der Waals surface area contributed by atoms with Crippen LogP contribution in [0.2, 0.25) is 0 Å². The summed E-state index contributed by atoms with van der Waals surface area (Å²) in [6, 6.07) is 4.66. The molecule has 1 unspecified atom stereocenters. The number of aliphatic carboxylic acids is 1. The number of carboxylic acids is 1. The number of amides is 1. The number of benzene rings is 1. The van der Waals surface area contributed by atoms with Gasteiger partial charge < -0.3 is 16.2 Å². The van der Waals surface area contributed by atoms with E-state index in [0.29, 0.717) is 0 Å². The zero-order valence-electron chi connectivity index (χ0n) is 9.91. The molecule has 0 bridgehead atoms. The van der Waals surface area contributed by atoms with Crippen molar-refractivity contribution in [1.29, 1.82) is 0 Å². The number of rotatable bonds is 6. The Hall–Kier alpha value is -2.48. The summed E-state index contributed by atoms with van der Waals surface area (Å²) in [7, 11) is 0. The van der Waals surface area contributed by atoms with E-state index in [1.807, 2.05) is 0 Å². The van der Waals surface area contributed by atoms with Crippen molar-refractivity contribution in [2.75, 3.05) is 6.54 Å². The molecule has 1 aromatic rings. The highest BCUT2D eigenvalue weighted by Crippen LogP contribution is 2.26. The molecule has 0 radical (unpaired) electrons. The molecule has 0 aromatic heterocycles. The number of nitrogens with zero attached hydrogens (tertiary/aromatic N) is 1. The maximum atomic E-state index is 11.3. The summed E-state index contributed by atoms with van der Waals surface area (Å²) in [6.45, 7) is -0.323. The van der Waals surface area contributed by atoms with Gasteiger partial charge in [0.25, 0.3) is 5.69 Å². The number of nitro benzene ring substituents is 1. The van der Waals surface area contributed by atoms with Gasteiger partial charge in [0.15, 0.2) is 0 Å². The summed E-state index contributed by atoms with van der Waals surface area (Å²) in [5, 5.41) is 22.1. The summed E-state index contributed by atoms with van der Waals surface area (Å²) in [5.41, 5.74) is 5.03. The van der Waals surface area contributed by atoms with E-state index in [-0.39, 0.29) is 17.8 Å². The van der Waals surface area contributed by atoms with E-state index in [1.165, 1.54) is 24.3 Å². The van der Waals surface area contributed by atoms with Crippen molar-refractivity contribution in [3.8, 4) is 0 Å². The third kappa shape index (κ3) is 4.03. The molecular weight excluding hydrogens is 254 g/mol. The lowest BCUT2D eigenvalue weighted by molar-refractivity contribution is -0.385. The SMILES string of the molecule is NCC(=O)NC(CC(=O)O)c1ccccc1[N+](=O)[O-]. The lowest BCUT2D eigenvalue weighted by atomic mass is 10.0. The fraction of sp³-hybridized carbons (Fsp3) is 0.273. The number of carbonyl (C=O) groups is 2. The van der Waals surface area contributed by atoms with Gasteiger partial charge in [-0.15, -0.1) is 0 Å². The molecule has 4 N–H and O–H groups in total. The largest absolute Gasteiger partial charge is 0.481 e. The van der Waals surface area contributed by atoms with Gasteiger partial charge in [-0.2, -0.15) is 0 Å². The first kappa shape index (κ1) is 14.6. The molecule has 1 amide bonds. The predicted octanol–water partition coefficient (Wildman–Crippen LogP) is 0.186. The predicted molar refractivity (Wildman–Crippen MR) is 65.3 cm³/mol. The Morgan fingerprint density at radius 2 is 2.05 bits per heavy atom. The van der Waals surface area contributed by atoms with Crippen LogP contribution in [0, 0.1) is 10.1 Å². The molecule has 8 heteroatoms. The highest BCUT2D eigenvalue weighted by molar-refractivity contribution is 5.79. The van der Waals surface area contributed by atoms with Crippen LogP contribution >= 0.6 is 0 Å². The van der Waals surface area contributed by atoms with Gasteiger partial charge in [-0.3, -0.25) is 19.7 Å². The zero-order chi connectivity index (χ0) is 14.4. The molecule has 0 aliphatic carbocycles. The van der Waals surface area contributed by atoms with Crippen molar-refractivity contribution in [1.82, 2.24) is 5.32 Å². The first-order chi connectivity index (χ1) is 8.95. The summed E-state index contributed by atoms with van der Waals surface area (Å²) < 4.78 is 0. The molecule has 0 aliphatic rings. The van der Waals surface area contributed by atoms with E-state index in [0.717, 1.165) is 0 Å². The molecule has 8 nitrogen and oxygen atoms in total. The molecule has 0 fully saturated rings. The first-order valence-corrected chi connectivity index (χ1v) is 5.40. The lowest BCUT2D eigenvalue weighted by Crippen LogP contribution is -2.35. The van der Waals surface area contributed by atoms with Crippen LogP contribution in [-0.4, -0.2) is 28.5 Å². The van der Waals surface area contributed by atoms with Gasteiger partial charge in [-0.05, 0) is 0 Å². The van der Waals surface area contributed by atoms with Crippen LogP contribution in [0.15, 0.2) is 24.3 Å². The third-order valence-corrected chi connectivity index (χ3v) is 2.41. The topological polar surface area (TPSA) is 136 Å². The quantitative estimate of drug-likeness (QED) is 0.497. The average molecular weight is 267 g/mol. The maximum absolute atomic E-state index is 11.3. The van der Waals surface area contributed by atoms with Crippen molar-refractivity contribution >= 4 is 17.6 Å². The van der Waals surface area contributed by atoms with Crippen molar-refractivity contribution < 1.29 is 19.6 Å². The normalized spacial score (nSPS) is 11.6. The van der Waals surface area contributed by atoms with Crippen LogP contribution in [0.1, 0.15) is 18.0 Å². The first-order valence-electron chi connectivity index (χ1n) is 5.40. The summed E-state index contributed by atoms with van der Waals surface area (Å²) >= 11 is 0. The Labute approximate surface area is 108 Å². The minimum absolute atomic E-state index is 0.136. The average Bonchev–Trinajstić information content (AvgIpc) is 2.37. The molecule has 102 valence electrons. The van der Waals surface area contributed by atoms with E-state index in [2.05, 4.69) is 5.32 Å². The molecule has 1 rings (SSSR count). The van der Waals surface area contributed by atoms with E-state index in [1.54, 1.807) is 0 Å². The van der Waals surface area contributed by atoms with Gasteiger partial charge in [0.2, 0.25) is 5.91 Å². The third-order valence-electron chi connectivity index (χ3n) is 2.41. The highest BCUT2D eigenvalue weighted by atomic mass is 16.6. The fourth-order valence-corrected chi connectivity index (χ4v) is 1.62. The molecule has 1 aromatic carbocycles. The van der Waals surface area contributed by atoms with Crippen LogP contribution < -0.4 is 11.1 Å². The lowest BCUT2D eigenvalue weighted by Gasteiger charge is -2.16. The molecule has 0 heterocycles. The van der Waals surface area contributed by atoms with Crippen molar-refractivity contribution in [3.63, 3.8) is 0 Å². The van der Waals surface area contributed by atoms with Gasteiger partial charge in [0.1, 0.15) is 0 Å². The van der Waals surface area contributed by atoms with Crippen molar-refractivity contribution in [2.45, 2.75) is 12.5 Å². The smallest absolute Gasteiger partial charge is 0.305 e. The van der Waals surface area contributed by atoms with Crippen LogP contribution in [0.4, 0.5) is 5.69 Å². The molecule has 0 saturated heterocycles. The second kappa shape index (κ2) is 6.45. The van der Waals surface area contributed by atoms with Gasteiger partial charge in [0.05, 0.1) is 29.5 Å². The second-order valence-electron chi connectivity index (χ2n) is 3.74. The number of para-hydroxylation sites is 1. The Kier molecular flexibility index (Phi) is 4.95. The monoisotopic (exact) mass is 267 g/mol. The van der Waals surface area contributed by atoms with Crippen LogP contribution in [0.3, 0.4) is 0 Å². The highest BCUT2D eigenvalue weighted by Gasteiger charge is 2.24. The summed E-state index contributed by atoms with van der Waals surface area (Å²) in [6.07, 6.45) is -0.462. The van der Waals surface area contributed by atoms with E-state index < -0.39 is 29.3 Å². The van der Waals surface area contributed by atoms with Gasteiger partial charge in [-0.1, -0.05) is 18.2 Å². The number of nitrogens with two attached hydrogens (primary N) is 1. The van der Waals surface area contributed by atoms with Gasteiger partial charge in [-0.25, -0.2) is 0 Å². The Morgan fingerprint density at radius 3 is 2.58 bits per heavy atom. The molecule has 0 spiro atoms. The standard InChI is InChI=1S/C11H13N3O5/c12-6-10(15)13-8(5-11(16)17)7-3-1-2-4-9(7)14(18)19/h1-4,8H,5-6,12H2,(H,13,15)(H,16,17). The van der Waals surface area contributed by atoms with E-state index >= 15 is 0 Å². The Morgan fingerprint density at radius 1 is 1.42 bits per heavy atom. The zero-order valence-corrected chi connectivity index (χ0v) is 9.91. The Bertz CT molecular complexity index is 503. The molecule has 19 heavy (non-hydrogen) atoms. The fourth-order valence-electron chi connectivity index (χ4n) is 1.62. The molecular formula is C11H13N3O5. The van der Waals surface area contributed by atoms with E-state index in [9.17, 15) is 19.7 Å². The summed E-state index contributed by atoms with van der Waals surface area (Å²) in [4.78, 5) is 32.3. The number of carboxylic acid groups (broad SMARTS) is 1. The maximum Gasteiger partial charge on any atom is 0.305 e. The van der Waals surface area contributed by atoms with Crippen LogP contribution in [0.5, 0.6) is 0 Å². The molecule has 1 atom stereocenters. The van der Waals surface area contributed by atoms with Gasteiger partial charge in [0, 0.05) is 6.07 Å². The number of hydrogen-bond acceptors (Lipinski definition) is 5. The van der Waals surface area contributed by atoms with Gasteiger partial charge >= 0.3 is 5.97 Å². The number of carbonyl (C=O) groups excluding carboxylic acids is 1.